The van der Waals surface area contributed by atoms with Crippen molar-refractivity contribution in [2.45, 2.75) is 31.7 Å². The first kappa shape index (κ1) is 17.1. The lowest BCUT2D eigenvalue weighted by molar-refractivity contribution is -0.132. The Kier molecular flexibility index (Phi) is 5.63. The van der Waals surface area contributed by atoms with Crippen LogP contribution in [0.3, 0.4) is 0 Å². The summed E-state index contributed by atoms with van der Waals surface area (Å²) in [6.07, 6.45) is 3.40. The van der Waals surface area contributed by atoms with Crippen LogP contribution in [-0.2, 0) is 17.6 Å². The number of aromatic nitrogens is 1. The van der Waals surface area contributed by atoms with Crippen LogP contribution >= 0.6 is 11.3 Å². The molecule has 0 spiro atoms. The van der Waals surface area contributed by atoms with E-state index in [-0.39, 0.29) is 5.91 Å². The fourth-order valence-corrected chi connectivity index (χ4v) is 4.01. The summed E-state index contributed by atoms with van der Waals surface area (Å²) in [6, 6.07) is 10.9. The number of hydrogen-bond acceptors (Lipinski definition) is 4. The number of carbonyl (C=O) groups is 1. The third-order valence-corrected chi connectivity index (χ3v) is 5.57. The van der Waals surface area contributed by atoms with Crippen LogP contribution < -0.4 is 0 Å². The topological polar surface area (TPSA) is 36.4 Å². The highest BCUT2D eigenvalue weighted by molar-refractivity contribution is 7.09. The number of hydrogen-bond donors (Lipinski definition) is 0. The Morgan fingerprint density at radius 1 is 1.25 bits per heavy atom. The van der Waals surface area contributed by atoms with Crippen molar-refractivity contribution < 1.29 is 4.79 Å². The van der Waals surface area contributed by atoms with E-state index in [4.69, 9.17) is 0 Å². The largest absolute Gasteiger partial charge is 0.342 e. The van der Waals surface area contributed by atoms with Crippen LogP contribution in [0.5, 0.6) is 0 Å². The maximum absolute atomic E-state index is 12.5. The van der Waals surface area contributed by atoms with Crippen LogP contribution in [0.4, 0.5) is 0 Å². The average molecular weight is 343 g/mol. The van der Waals surface area contributed by atoms with E-state index in [2.05, 4.69) is 36.1 Å². The molecule has 0 atom stereocenters. The van der Waals surface area contributed by atoms with Gasteiger partial charge in [0.1, 0.15) is 0 Å². The van der Waals surface area contributed by atoms with Crippen LogP contribution in [0.2, 0.25) is 0 Å². The second kappa shape index (κ2) is 7.90. The van der Waals surface area contributed by atoms with Gasteiger partial charge < -0.3 is 9.80 Å². The first-order valence-electron chi connectivity index (χ1n) is 8.53. The maximum atomic E-state index is 12.5. The van der Waals surface area contributed by atoms with Crippen LogP contribution in [0.25, 0.3) is 0 Å². The molecule has 0 saturated carbocycles. The molecule has 0 bridgehead atoms. The number of rotatable bonds is 5. The molecular formula is C19H25N3OS. The molecule has 3 rings (SSSR count). The lowest BCUT2D eigenvalue weighted by Crippen LogP contribution is -2.45. The highest BCUT2D eigenvalue weighted by Gasteiger charge is 2.24. The molecule has 24 heavy (non-hydrogen) atoms. The van der Waals surface area contributed by atoms with Crippen molar-refractivity contribution in [2.75, 3.05) is 27.2 Å². The van der Waals surface area contributed by atoms with Gasteiger partial charge in [-0.05, 0) is 32.5 Å². The minimum atomic E-state index is 0.212. The second-order valence-corrected chi connectivity index (χ2v) is 7.59. The summed E-state index contributed by atoms with van der Waals surface area (Å²) in [6.45, 7) is 1.73. The number of piperidine rings is 1. The summed E-state index contributed by atoms with van der Waals surface area (Å²) in [4.78, 5) is 21.4. The Morgan fingerprint density at radius 2 is 1.96 bits per heavy atom. The quantitative estimate of drug-likeness (QED) is 0.838. The molecular weight excluding hydrogens is 318 g/mol. The predicted molar refractivity (Wildman–Crippen MR) is 98.4 cm³/mol. The monoisotopic (exact) mass is 343 g/mol. The zero-order valence-electron chi connectivity index (χ0n) is 14.4. The van der Waals surface area contributed by atoms with Crippen molar-refractivity contribution in [3.63, 3.8) is 0 Å². The van der Waals surface area contributed by atoms with E-state index in [0.717, 1.165) is 43.1 Å². The molecule has 0 aliphatic carbocycles. The van der Waals surface area contributed by atoms with Gasteiger partial charge in [0.05, 0.1) is 17.1 Å². The standard InChI is InChI=1S/C19H25N3OS/c1-21(2)17-8-10-22(11-9-17)19(23)13-16-14-24-18(20-16)12-15-6-4-3-5-7-15/h3-7,14,17H,8-13H2,1-2H3. The van der Waals surface area contributed by atoms with Crippen LogP contribution in [-0.4, -0.2) is 53.9 Å². The smallest absolute Gasteiger partial charge is 0.228 e. The molecule has 4 nitrogen and oxygen atoms in total. The molecule has 1 aromatic heterocycles. The van der Waals surface area contributed by atoms with Gasteiger partial charge in [-0.15, -0.1) is 11.3 Å². The zero-order chi connectivity index (χ0) is 16.9. The second-order valence-electron chi connectivity index (χ2n) is 6.65. The maximum Gasteiger partial charge on any atom is 0.228 e. The number of likely N-dealkylation sites (tertiary alicyclic amines) is 1. The molecule has 1 aliphatic rings. The average Bonchev–Trinajstić information content (AvgIpc) is 3.02. The summed E-state index contributed by atoms with van der Waals surface area (Å²) in [5, 5.41) is 3.11. The molecule has 1 saturated heterocycles. The summed E-state index contributed by atoms with van der Waals surface area (Å²) in [5.74, 6) is 0.212. The van der Waals surface area contributed by atoms with Gasteiger partial charge in [0.15, 0.2) is 0 Å². The first-order valence-corrected chi connectivity index (χ1v) is 9.41. The lowest BCUT2D eigenvalue weighted by atomic mass is 10.0. The van der Waals surface area contributed by atoms with Gasteiger partial charge in [0.25, 0.3) is 0 Å². The van der Waals surface area contributed by atoms with E-state index in [9.17, 15) is 4.79 Å². The third-order valence-electron chi connectivity index (χ3n) is 4.68. The Balaban J connectivity index is 1.52. The first-order chi connectivity index (χ1) is 11.6. The fraction of sp³-hybridized carbons (Fsp3) is 0.474. The molecule has 0 unspecified atom stereocenters. The zero-order valence-corrected chi connectivity index (χ0v) is 15.3. The van der Waals surface area contributed by atoms with Crippen molar-refractivity contribution in [1.82, 2.24) is 14.8 Å². The molecule has 128 valence electrons. The molecule has 1 aliphatic heterocycles. The molecule has 1 aromatic carbocycles. The minimum Gasteiger partial charge on any atom is -0.342 e. The van der Waals surface area contributed by atoms with E-state index in [1.165, 1.54) is 5.56 Å². The molecule has 2 heterocycles. The molecule has 1 fully saturated rings. The van der Waals surface area contributed by atoms with Crippen molar-refractivity contribution in [3.8, 4) is 0 Å². The summed E-state index contributed by atoms with van der Waals surface area (Å²) >= 11 is 1.65. The van der Waals surface area contributed by atoms with Crippen LogP contribution in [0.1, 0.15) is 29.1 Å². The van der Waals surface area contributed by atoms with Crippen molar-refractivity contribution in [2.24, 2.45) is 0 Å². The highest BCUT2D eigenvalue weighted by atomic mass is 32.1. The van der Waals surface area contributed by atoms with E-state index in [1.54, 1.807) is 11.3 Å². The Hall–Kier alpha value is -1.72. The summed E-state index contributed by atoms with van der Waals surface area (Å²) < 4.78 is 0. The number of nitrogens with zero attached hydrogens (tertiary/aromatic N) is 3. The van der Waals surface area contributed by atoms with Gasteiger partial charge in [-0.25, -0.2) is 4.98 Å². The van der Waals surface area contributed by atoms with Gasteiger partial charge in [0, 0.05) is 30.9 Å². The van der Waals surface area contributed by atoms with Gasteiger partial charge in [-0.2, -0.15) is 0 Å². The van der Waals surface area contributed by atoms with Crippen molar-refractivity contribution >= 4 is 17.2 Å². The van der Waals surface area contributed by atoms with E-state index in [1.807, 2.05) is 28.5 Å². The van der Waals surface area contributed by atoms with Gasteiger partial charge in [-0.1, -0.05) is 30.3 Å². The molecule has 0 N–H and O–H groups in total. The van der Waals surface area contributed by atoms with Crippen LogP contribution in [0, 0.1) is 0 Å². The summed E-state index contributed by atoms with van der Waals surface area (Å²) in [5.41, 5.74) is 2.17. The molecule has 2 aromatic rings. The van der Waals surface area contributed by atoms with Gasteiger partial charge in [0.2, 0.25) is 5.91 Å². The van der Waals surface area contributed by atoms with Crippen molar-refractivity contribution in [3.05, 3.63) is 52.0 Å². The summed E-state index contributed by atoms with van der Waals surface area (Å²) in [7, 11) is 4.23. The highest BCUT2D eigenvalue weighted by Crippen LogP contribution is 2.18. The fourth-order valence-electron chi connectivity index (χ4n) is 3.18. The van der Waals surface area contributed by atoms with Gasteiger partial charge >= 0.3 is 0 Å². The number of carbonyl (C=O) groups excluding carboxylic acids is 1. The van der Waals surface area contributed by atoms with Crippen LogP contribution in [0.15, 0.2) is 35.7 Å². The van der Waals surface area contributed by atoms with E-state index >= 15 is 0 Å². The SMILES string of the molecule is CN(C)C1CCN(C(=O)Cc2csc(Cc3ccccc3)n2)CC1. The molecule has 5 heteroatoms. The number of benzene rings is 1. The minimum absolute atomic E-state index is 0.212. The number of amides is 1. The van der Waals surface area contributed by atoms with Crippen molar-refractivity contribution in [1.29, 1.82) is 0 Å². The predicted octanol–water partition coefficient (Wildman–Crippen LogP) is 2.83. The Bertz CT molecular complexity index is 660. The molecule has 1 amide bonds. The Labute approximate surface area is 148 Å². The molecule has 0 radical (unpaired) electrons. The van der Waals surface area contributed by atoms with E-state index < -0.39 is 0 Å². The number of thiazole rings is 1. The normalized spacial score (nSPS) is 15.9. The van der Waals surface area contributed by atoms with Gasteiger partial charge in [-0.3, -0.25) is 4.79 Å². The lowest BCUT2D eigenvalue weighted by Gasteiger charge is -2.35. The third kappa shape index (κ3) is 4.42. The van der Waals surface area contributed by atoms with E-state index in [0.29, 0.717) is 12.5 Å². The Morgan fingerprint density at radius 3 is 2.62 bits per heavy atom.